The number of hydrogen-bond donors (Lipinski definition) is 0. The van der Waals surface area contributed by atoms with Crippen LogP contribution in [-0.4, -0.2) is 5.94 Å². The zero-order chi connectivity index (χ0) is 12.1. The van der Waals surface area contributed by atoms with Crippen molar-refractivity contribution in [3.8, 4) is 11.5 Å². The molecule has 2 rings (SSSR count). The van der Waals surface area contributed by atoms with Gasteiger partial charge in [0.1, 0.15) is 11.7 Å². The number of benzene rings is 2. The van der Waals surface area contributed by atoms with Gasteiger partial charge in [-0.05, 0) is 36.4 Å². The number of thioether (sulfide) groups is 1. The van der Waals surface area contributed by atoms with Gasteiger partial charge in [-0.15, -0.1) is 0 Å². The summed E-state index contributed by atoms with van der Waals surface area (Å²) in [6.45, 7) is 0. The lowest BCUT2D eigenvalue weighted by molar-refractivity contribution is 0.343. The molecule has 0 heterocycles. The lowest BCUT2D eigenvalue weighted by Crippen LogP contribution is -1.92. The molecule has 2 nitrogen and oxygen atoms in total. The Hall–Kier alpha value is -1.13. The van der Waals surface area contributed by atoms with Gasteiger partial charge in [0.05, 0.1) is 4.90 Å². The third-order valence-corrected chi connectivity index (χ3v) is 3.52. The summed E-state index contributed by atoms with van der Waals surface area (Å²) < 4.78 is 6.54. The molecule has 2 aromatic carbocycles. The summed E-state index contributed by atoms with van der Waals surface area (Å²) >= 11 is 4.76. The Labute approximate surface area is 113 Å². The summed E-state index contributed by atoms with van der Waals surface area (Å²) in [7, 11) is 0. The van der Waals surface area contributed by atoms with Crippen LogP contribution in [0.25, 0.3) is 0 Å². The molecule has 0 aliphatic rings. The molecule has 0 unspecified atom stereocenters. The molecule has 0 atom stereocenters. The maximum absolute atomic E-state index is 11.4. The second-order valence-electron chi connectivity index (χ2n) is 3.31. The molecule has 0 aliphatic carbocycles. The lowest BCUT2D eigenvalue weighted by Gasteiger charge is -2.06. The Morgan fingerprint density at radius 3 is 2.47 bits per heavy atom. The van der Waals surface area contributed by atoms with Gasteiger partial charge in [-0.2, -0.15) is 0 Å². The number of rotatable bonds is 4. The number of ether oxygens (including phenoxy) is 1. The van der Waals surface area contributed by atoms with E-state index in [2.05, 4.69) is 15.9 Å². The molecule has 0 aromatic heterocycles. The number of hydrogen-bond acceptors (Lipinski definition) is 2. The predicted molar refractivity (Wildman–Crippen MR) is 72.1 cm³/mol. The van der Waals surface area contributed by atoms with E-state index in [1.165, 1.54) is 11.8 Å². The Morgan fingerprint density at radius 1 is 1.06 bits per heavy atom. The number of para-hydroxylation sites is 1. The van der Waals surface area contributed by atoms with Crippen molar-refractivity contribution >= 4 is 27.7 Å². The highest BCUT2D eigenvalue weighted by Gasteiger charge is 2.02. The minimum atomic E-state index is 0.0388. The van der Waals surface area contributed by atoms with Gasteiger partial charge in [0.2, 0.25) is 0 Å². The van der Waals surface area contributed by atoms with Crippen LogP contribution in [-0.2, 0) is 5.11 Å². The molecule has 0 amide bonds. The molecule has 0 fully saturated rings. The molecule has 87 valence electrons. The van der Waals surface area contributed by atoms with E-state index < -0.39 is 0 Å². The van der Waals surface area contributed by atoms with Crippen LogP contribution in [0, 0.1) is 0 Å². The fourth-order valence-corrected chi connectivity index (χ4v) is 2.23. The fourth-order valence-electron chi connectivity index (χ4n) is 1.26. The van der Waals surface area contributed by atoms with Gasteiger partial charge < -0.3 is 4.74 Å². The van der Waals surface area contributed by atoms with Gasteiger partial charge in [-0.25, -0.2) is 0 Å². The average Bonchev–Trinajstić information content (AvgIpc) is 2.34. The minimum Gasteiger partial charge on any atom is -0.483 e. The standard InChI is InChI=1S/C13H10BrO2S/c14-10-5-7-11(8-6-10)16-9-17-13-4-2-1-3-12(13)15/h1-8H,9H2. The van der Waals surface area contributed by atoms with Crippen molar-refractivity contribution in [1.29, 1.82) is 0 Å². The van der Waals surface area contributed by atoms with Crippen molar-refractivity contribution in [2.24, 2.45) is 0 Å². The Balaban J connectivity index is 1.88. The van der Waals surface area contributed by atoms with E-state index in [0.29, 0.717) is 10.8 Å². The molecule has 0 bridgehead atoms. The van der Waals surface area contributed by atoms with Crippen molar-refractivity contribution < 1.29 is 9.84 Å². The lowest BCUT2D eigenvalue weighted by atomic mass is 10.3. The maximum atomic E-state index is 11.4. The predicted octanol–water partition coefficient (Wildman–Crippen LogP) is 4.72. The molecule has 0 saturated heterocycles. The minimum absolute atomic E-state index is 0.0388. The topological polar surface area (TPSA) is 29.1 Å². The van der Waals surface area contributed by atoms with Gasteiger partial charge in [0, 0.05) is 4.47 Å². The van der Waals surface area contributed by atoms with Crippen LogP contribution >= 0.6 is 27.7 Å². The van der Waals surface area contributed by atoms with Gasteiger partial charge in [-0.3, -0.25) is 5.11 Å². The summed E-state index contributed by atoms with van der Waals surface area (Å²) in [4.78, 5) is 0.713. The van der Waals surface area contributed by atoms with E-state index in [9.17, 15) is 5.11 Å². The summed E-state index contributed by atoms with van der Waals surface area (Å²) in [5.74, 6) is 1.27. The molecule has 2 aromatic rings. The highest BCUT2D eigenvalue weighted by molar-refractivity contribution is 9.10. The summed E-state index contributed by atoms with van der Waals surface area (Å²) in [5, 5.41) is 11.4. The van der Waals surface area contributed by atoms with Crippen LogP contribution in [0.15, 0.2) is 57.9 Å². The second-order valence-corrected chi connectivity index (χ2v) is 5.19. The quantitative estimate of drug-likeness (QED) is 0.604. The van der Waals surface area contributed by atoms with Crippen LogP contribution in [0.5, 0.6) is 11.5 Å². The van der Waals surface area contributed by atoms with Crippen molar-refractivity contribution in [2.75, 3.05) is 5.94 Å². The summed E-state index contributed by atoms with van der Waals surface area (Å²) in [5.41, 5.74) is 0. The highest BCUT2D eigenvalue weighted by atomic mass is 79.9. The Kier molecular flexibility index (Phi) is 4.34. The first-order valence-electron chi connectivity index (χ1n) is 5.03. The van der Waals surface area contributed by atoms with Gasteiger partial charge >= 0.3 is 0 Å². The van der Waals surface area contributed by atoms with Crippen LogP contribution < -0.4 is 4.74 Å². The first kappa shape index (κ1) is 12.3. The van der Waals surface area contributed by atoms with E-state index in [4.69, 9.17) is 4.74 Å². The number of halogens is 1. The largest absolute Gasteiger partial charge is 0.483 e. The molecule has 0 saturated carbocycles. The van der Waals surface area contributed by atoms with E-state index in [1.807, 2.05) is 30.3 Å². The Morgan fingerprint density at radius 2 is 1.76 bits per heavy atom. The molecule has 0 spiro atoms. The van der Waals surface area contributed by atoms with Gasteiger partial charge in [0.15, 0.2) is 5.75 Å². The third kappa shape index (κ3) is 3.68. The van der Waals surface area contributed by atoms with Crippen molar-refractivity contribution in [1.82, 2.24) is 0 Å². The maximum Gasteiger partial charge on any atom is 0.192 e. The van der Waals surface area contributed by atoms with Crippen LogP contribution in [0.1, 0.15) is 0 Å². The van der Waals surface area contributed by atoms with Crippen molar-refractivity contribution in [2.45, 2.75) is 4.90 Å². The molecule has 4 heteroatoms. The SMILES string of the molecule is [O]c1ccccc1SCOc1ccc(Br)cc1. The van der Waals surface area contributed by atoms with Crippen LogP contribution in [0.2, 0.25) is 0 Å². The van der Waals surface area contributed by atoms with Crippen molar-refractivity contribution in [3.63, 3.8) is 0 Å². The average molecular weight is 310 g/mol. The molecule has 1 radical (unpaired) electrons. The van der Waals surface area contributed by atoms with Crippen LogP contribution in [0.4, 0.5) is 0 Å². The first-order chi connectivity index (χ1) is 8.25. The van der Waals surface area contributed by atoms with E-state index in [-0.39, 0.29) is 5.75 Å². The first-order valence-corrected chi connectivity index (χ1v) is 6.81. The van der Waals surface area contributed by atoms with E-state index in [1.54, 1.807) is 18.2 Å². The zero-order valence-corrected chi connectivity index (χ0v) is 11.3. The molecule has 17 heavy (non-hydrogen) atoms. The van der Waals surface area contributed by atoms with Gasteiger partial charge in [-0.1, -0.05) is 39.8 Å². The van der Waals surface area contributed by atoms with Crippen LogP contribution in [0.3, 0.4) is 0 Å². The fraction of sp³-hybridized carbons (Fsp3) is 0.0769. The summed E-state index contributed by atoms with van der Waals surface area (Å²) in [6, 6.07) is 14.6. The molecule has 0 N–H and O–H groups in total. The smallest absolute Gasteiger partial charge is 0.192 e. The summed E-state index contributed by atoms with van der Waals surface area (Å²) in [6.07, 6.45) is 0. The van der Waals surface area contributed by atoms with E-state index in [0.717, 1.165) is 10.2 Å². The molecule has 0 aliphatic heterocycles. The van der Waals surface area contributed by atoms with Crippen molar-refractivity contribution in [3.05, 3.63) is 53.0 Å². The molecular weight excluding hydrogens is 300 g/mol. The second kappa shape index (κ2) is 5.98. The Bertz CT molecular complexity index is 485. The monoisotopic (exact) mass is 309 g/mol. The van der Waals surface area contributed by atoms with E-state index >= 15 is 0 Å². The highest BCUT2D eigenvalue weighted by Crippen LogP contribution is 2.28. The van der Waals surface area contributed by atoms with Gasteiger partial charge in [0.25, 0.3) is 0 Å². The third-order valence-electron chi connectivity index (χ3n) is 2.10. The zero-order valence-electron chi connectivity index (χ0n) is 8.93. The normalized spacial score (nSPS) is 10.2. The molecular formula is C13H10BrO2S.